The summed E-state index contributed by atoms with van der Waals surface area (Å²) in [6.45, 7) is 6.92. The predicted octanol–water partition coefficient (Wildman–Crippen LogP) is 1.78. The highest BCUT2D eigenvalue weighted by atomic mass is 16.6. The van der Waals surface area contributed by atoms with Gasteiger partial charge in [-0.05, 0) is 27.7 Å². The molecule has 0 aliphatic rings. The zero-order valence-electron chi connectivity index (χ0n) is 13.8. The normalized spacial score (nSPS) is 12.6. The van der Waals surface area contributed by atoms with Crippen molar-refractivity contribution in [2.24, 2.45) is 7.05 Å². The van der Waals surface area contributed by atoms with Crippen LogP contribution in [0.4, 0.5) is 4.79 Å². The van der Waals surface area contributed by atoms with E-state index in [1.165, 1.54) is 11.8 Å². The van der Waals surface area contributed by atoms with Gasteiger partial charge in [0.1, 0.15) is 5.60 Å². The van der Waals surface area contributed by atoms with Crippen LogP contribution in [-0.4, -0.2) is 39.7 Å². The third-order valence-corrected chi connectivity index (χ3v) is 2.83. The molecular weight excluding hydrogens is 290 g/mol. The first-order chi connectivity index (χ1) is 10.0. The van der Waals surface area contributed by atoms with Gasteiger partial charge in [-0.2, -0.15) is 5.10 Å². The Morgan fingerprint density at radius 2 is 2.00 bits per heavy atom. The number of carbonyl (C=O) groups is 2. The molecule has 0 fully saturated rings. The largest absolute Gasteiger partial charge is 0.481 e. The Labute approximate surface area is 129 Å². The maximum Gasteiger partial charge on any atom is 0.408 e. The van der Waals surface area contributed by atoms with Crippen LogP contribution in [0.15, 0.2) is 0 Å². The second-order valence-corrected chi connectivity index (χ2v) is 5.93. The number of aryl methyl sites for hydroxylation is 2. The van der Waals surface area contributed by atoms with Gasteiger partial charge in [-0.3, -0.25) is 4.79 Å². The fourth-order valence-corrected chi connectivity index (χ4v) is 2.15. The number of nitrogens with zero attached hydrogens (tertiary/aromatic N) is 2. The molecule has 1 atom stereocenters. The van der Waals surface area contributed by atoms with Crippen LogP contribution in [0.3, 0.4) is 0 Å². The van der Waals surface area contributed by atoms with Crippen molar-refractivity contribution in [1.29, 1.82) is 0 Å². The van der Waals surface area contributed by atoms with E-state index in [9.17, 15) is 9.59 Å². The molecule has 0 aliphatic carbocycles. The van der Waals surface area contributed by atoms with Gasteiger partial charge in [-0.15, -0.1) is 0 Å². The molecule has 0 saturated carbocycles. The van der Waals surface area contributed by atoms with E-state index in [2.05, 4.69) is 10.4 Å². The molecule has 1 heterocycles. The van der Waals surface area contributed by atoms with Gasteiger partial charge in [-0.1, -0.05) is 0 Å². The first-order valence-electron chi connectivity index (χ1n) is 6.84. The fraction of sp³-hybridized carbons (Fsp3) is 0.643. The molecule has 1 amide bonds. The number of hydrogen-bond acceptors (Lipinski definition) is 5. The van der Waals surface area contributed by atoms with Crippen LogP contribution in [-0.2, 0) is 16.6 Å². The lowest BCUT2D eigenvalue weighted by Crippen LogP contribution is -2.36. The maximum atomic E-state index is 11.9. The number of carboxylic acid groups (broad SMARTS) is 1. The van der Waals surface area contributed by atoms with Crippen molar-refractivity contribution in [3.8, 4) is 5.88 Å². The standard InChI is InChI=1S/C14H23N3O5/c1-8-11(12(21-6)17(5)16-8)9(7-10(18)19)15-13(20)22-14(2,3)4/h9H,7H2,1-6H3,(H,15,20)(H,18,19). The van der Waals surface area contributed by atoms with E-state index in [4.69, 9.17) is 14.6 Å². The van der Waals surface area contributed by atoms with E-state index in [-0.39, 0.29) is 6.42 Å². The summed E-state index contributed by atoms with van der Waals surface area (Å²) in [5, 5.41) is 15.9. The second-order valence-electron chi connectivity index (χ2n) is 5.93. The third-order valence-electron chi connectivity index (χ3n) is 2.83. The number of amides is 1. The Hall–Kier alpha value is -2.25. The SMILES string of the molecule is COc1c(C(CC(=O)O)NC(=O)OC(C)(C)C)c(C)nn1C. The van der Waals surface area contributed by atoms with Gasteiger partial charge in [0.2, 0.25) is 5.88 Å². The zero-order chi connectivity index (χ0) is 17.1. The summed E-state index contributed by atoms with van der Waals surface area (Å²) >= 11 is 0. The number of carbonyl (C=O) groups excluding carboxylic acids is 1. The molecule has 0 radical (unpaired) electrons. The van der Waals surface area contributed by atoms with Crippen molar-refractivity contribution in [2.75, 3.05) is 7.11 Å². The van der Waals surface area contributed by atoms with Crippen LogP contribution in [0.25, 0.3) is 0 Å². The molecule has 1 aromatic heterocycles. The molecule has 0 bridgehead atoms. The highest BCUT2D eigenvalue weighted by Gasteiger charge is 2.28. The number of carboxylic acids is 1. The van der Waals surface area contributed by atoms with Crippen LogP contribution >= 0.6 is 0 Å². The lowest BCUT2D eigenvalue weighted by molar-refractivity contribution is -0.137. The van der Waals surface area contributed by atoms with Gasteiger partial charge in [-0.25, -0.2) is 9.48 Å². The average molecular weight is 313 g/mol. The summed E-state index contributed by atoms with van der Waals surface area (Å²) in [6, 6.07) is -0.795. The molecule has 0 saturated heterocycles. The highest BCUT2D eigenvalue weighted by Crippen LogP contribution is 2.30. The maximum absolute atomic E-state index is 11.9. The Bertz CT molecular complexity index is 560. The van der Waals surface area contributed by atoms with Crippen molar-refractivity contribution >= 4 is 12.1 Å². The van der Waals surface area contributed by atoms with Gasteiger partial charge in [0.25, 0.3) is 0 Å². The molecule has 0 aliphatic heterocycles. The summed E-state index contributed by atoms with van der Waals surface area (Å²) in [7, 11) is 3.14. The lowest BCUT2D eigenvalue weighted by Gasteiger charge is -2.23. The van der Waals surface area contributed by atoms with Crippen LogP contribution in [0.2, 0.25) is 0 Å². The molecule has 124 valence electrons. The quantitative estimate of drug-likeness (QED) is 0.859. The molecule has 1 unspecified atom stereocenters. The minimum atomic E-state index is -1.05. The Balaban J connectivity index is 3.09. The van der Waals surface area contributed by atoms with Crippen molar-refractivity contribution in [2.45, 2.75) is 45.8 Å². The van der Waals surface area contributed by atoms with Crippen LogP contribution in [0.5, 0.6) is 5.88 Å². The Morgan fingerprint density at radius 1 is 1.41 bits per heavy atom. The monoisotopic (exact) mass is 313 g/mol. The van der Waals surface area contributed by atoms with Crippen molar-refractivity contribution in [1.82, 2.24) is 15.1 Å². The van der Waals surface area contributed by atoms with Gasteiger partial charge in [0.15, 0.2) is 0 Å². The molecule has 2 N–H and O–H groups in total. The first kappa shape index (κ1) is 17.8. The molecule has 0 aromatic carbocycles. The number of rotatable bonds is 5. The van der Waals surface area contributed by atoms with E-state index >= 15 is 0 Å². The van der Waals surface area contributed by atoms with E-state index in [0.717, 1.165) is 0 Å². The number of ether oxygens (including phenoxy) is 2. The minimum absolute atomic E-state index is 0.303. The van der Waals surface area contributed by atoms with Gasteiger partial charge in [0.05, 0.1) is 30.8 Å². The number of methoxy groups -OCH3 is 1. The Morgan fingerprint density at radius 3 is 2.45 bits per heavy atom. The molecule has 1 aromatic rings. The highest BCUT2D eigenvalue weighted by molar-refractivity contribution is 5.72. The Kier molecular flexibility index (Phi) is 5.40. The number of hydrogen-bond donors (Lipinski definition) is 2. The third kappa shape index (κ3) is 4.64. The summed E-state index contributed by atoms with van der Waals surface area (Å²) in [4.78, 5) is 23.1. The first-order valence-corrected chi connectivity index (χ1v) is 6.84. The smallest absolute Gasteiger partial charge is 0.408 e. The van der Waals surface area contributed by atoms with E-state index < -0.39 is 23.7 Å². The molecule has 8 heteroatoms. The number of aromatic nitrogens is 2. The minimum Gasteiger partial charge on any atom is -0.481 e. The topological polar surface area (TPSA) is 103 Å². The van der Waals surface area contributed by atoms with E-state index in [0.29, 0.717) is 17.1 Å². The number of aliphatic carboxylic acids is 1. The molecule has 8 nitrogen and oxygen atoms in total. The molecular formula is C14H23N3O5. The molecule has 22 heavy (non-hydrogen) atoms. The summed E-state index contributed by atoms with van der Waals surface area (Å²) in [6.07, 6.45) is -0.994. The summed E-state index contributed by atoms with van der Waals surface area (Å²) in [5.41, 5.74) is 0.436. The van der Waals surface area contributed by atoms with Crippen LogP contribution in [0, 0.1) is 6.92 Å². The summed E-state index contributed by atoms with van der Waals surface area (Å²) < 4.78 is 11.9. The van der Waals surface area contributed by atoms with Gasteiger partial charge >= 0.3 is 12.1 Å². The van der Waals surface area contributed by atoms with E-state index in [1.807, 2.05) is 0 Å². The molecule has 1 rings (SSSR count). The van der Waals surface area contributed by atoms with Crippen molar-refractivity contribution in [3.05, 3.63) is 11.3 Å². The van der Waals surface area contributed by atoms with Crippen LogP contribution < -0.4 is 10.1 Å². The summed E-state index contributed by atoms with van der Waals surface area (Å²) in [5.74, 6) is -0.647. The average Bonchev–Trinajstić information content (AvgIpc) is 2.59. The zero-order valence-corrected chi connectivity index (χ0v) is 13.8. The number of nitrogens with one attached hydrogen (secondary N) is 1. The van der Waals surface area contributed by atoms with Crippen LogP contribution in [0.1, 0.15) is 44.5 Å². The van der Waals surface area contributed by atoms with Gasteiger partial charge < -0.3 is 19.9 Å². The second kappa shape index (κ2) is 6.67. The number of alkyl carbamates (subject to hydrolysis) is 1. The molecule has 0 spiro atoms. The van der Waals surface area contributed by atoms with Gasteiger partial charge in [0, 0.05) is 7.05 Å². The van der Waals surface area contributed by atoms with Crippen molar-refractivity contribution < 1.29 is 24.2 Å². The fourth-order valence-electron chi connectivity index (χ4n) is 2.15. The predicted molar refractivity (Wildman–Crippen MR) is 78.9 cm³/mol. The van der Waals surface area contributed by atoms with E-state index in [1.54, 1.807) is 34.7 Å². The van der Waals surface area contributed by atoms with Crippen molar-refractivity contribution in [3.63, 3.8) is 0 Å². The lowest BCUT2D eigenvalue weighted by atomic mass is 10.0.